The van der Waals surface area contributed by atoms with E-state index in [0.29, 0.717) is 25.1 Å². The third-order valence-electron chi connectivity index (χ3n) is 4.06. The Labute approximate surface area is 124 Å². The highest BCUT2D eigenvalue weighted by Gasteiger charge is 2.30. The maximum absolute atomic E-state index is 11.5. The molecule has 2 fully saturated rings. The molecule has 1 N–H and O–H groups in total. The van der Waals surface area contributed by atoms with E-state index in [-0.39, 0.29) is 12.0 Å². The average Bonchev–Trinajstić information content (AvgIpc) is 3.09. The molecule has 0 unspecified atom stereocenters. The summed E-state index contributed by atoms with van der Waals surface area (Å²) in [7, 11) is 0. The molecule has 1 aromatic heterocycles. The Morgan fingerprint density at radius 3 is 3.05 bits per heavy atom. The van der Waals surface area contributed by atoms with Gasteiger partial charge in [0.1, 0.15) is 6.04 Å². The average molecular weight is 294 g/mol. The molecule has 7 heteroatoms. The molecule has 0 aliphatic carbocycles. The van der Waals surface area contributed by atoms with Gasteiger partial charge in [0.15, 0.2) is 5.82 Å². The minimum atomic E-state index is -0.133. The van der Waals surface area contributed by atoms with Crippen molar-refractivity contribution in [2.75, 3.05) is 19.7 Å². The zero-order valence-electron chi connectivity index (χ0n) is 12.4. The molecule has 2 aliphatic heterocycles. The fourth-order valence-electron chi connectivity index (χ4n) is 2.96. The number of piperidine rings is 1. The molecule has 0 spiro atoms. The number of carbonyl (C=O) groups is 1. The molecule has 0 saturated carbocycles. The molecule has 0 radical (unpaired) electrons. The highest BCUT2D eigenvalue weighted by atomic mass is 16.5. The molecule has 3 rings (SSSR count). The number of rotatable bonds is 5. The van der Waals surface area contributed by atoms with Crippen LogP contribution in [-0.2, 0) is 22.5 Å². The van der Waals surface area contributed by atoms with E-state index in [0.717, 1.165) is 44.6 Å². The molecule has 3 heterocycles. The number of nitrogens with one attached hydrogen (secondary N) is 1. The highest BCUT2D eigenvalue weighted by molar-refractivity contribution is 5.77. The Bertz CT molecular complexity index is 490. The zero-order valence-corrected chi connectivity index (χ0v) is 12.4. The molecule has 7 nitrogen and oxygen atoms in total. The minimum absolute atomic E-state index is 0.113. The van der Waals surface area contributed by atoms with E-state index in [1.807, 2.05) is 6.92 Å². The number of aromatic nitrogens is 2. The summed E-state index contributed by atoms with van der Waals surface area (Å²) >= 11 is 0. The summed E-state index contributed by atoms with van der Waals surface area (Å²) in [5.74, 6) is 1.32. The van der Waals surface area contributed by atoms with Gasteiger partial charge in [-0.15, -0.1) is 0 Å². The van der Waals surface area contributed by atoms with Crippen molar-refractivity contribution in [2.24, 2.45) is 0 Å². The monoisotopic (exact) mass is 294 g/mol. The molecular formula is C14H22N4O3. The standard InChI is InChI=1S/C14H22N4O3/c1-2-13-16-12(17-21-13)9-18-6-3-4-10(8-18)15-11-5-7-20-14(11)19/h10-11,15H,2-9H2,1H3/t10-,11-/m0/s1. The van der Waals surface area contributed by atoms with Crippen LogP contribution in [0.4, 0.5) is 0 Å². The number of likely N-dealkylation sites (tertiary alicyclic amines) is 1. The van der Waals surface area contributed by atoms with Gasteiger partial charge in [-0.25, -0.2) is 0 Å². The summed E-state index contributed by atoms with van der Waals surface area (Å²) in [5.41, 5.74) is 0. The number of hydrogen-bond acceptors (Lipinski definition) is 7. The number of hydrogen-bond donors (Lipinski definition) is 1. The molecule has 0 amide bonds. The Balaban J connectivity index is 1.51. The summed E-state index contributed by atoms with van der Waals surface area (Å²) < 4.78 is 10.1. The van der Waals surface area contributed by atoms with E-state index in [2.05, 4.69) is 20.4 Å². The molecule has 116 valence electrons. The van der Waals surface area contributed by atoms with Crippen LogP contribution in [0.25, 0.3) is 0 Å². The Kier molecular flexibility index (Phi) is 4.50. The van der Waals surface area contributed by atoms with Crippen molar-refractivity contribution in [1.82, 2.24) is 20.4 Å². The molecule has 2 aliphatic rings. The summed E-state index contributed by atoms with van der Waals surface area (Å²) in [5, 5.41) is 7.42. The van der Waals surface area contributed by atoms with Crippen molar-refractivity contribution in [3.63, 3.8) is 0 Å². The number of esters is 1. The summed E-state index contributed by atoms with van der Waals surface area (Å²) in [4.78, 5) is 18.2. The number of ether oxygens (including phenoxy) is 1. The van der Waals surface area contributed by atoms with Crippen molar-refractivity contribution in [3.8, 4) is 0 Å². The van der Waals surface area contributed by atoms with Gasteiger partial charge < -0.3 is 14.6 Å². The second kappa shape index (κ2) is 6.53. The second-order valence-corrected chi connectivity index (χ2v) is 5.71. The second-order valence-electron chi connectivity index (χ2n) is 5.71. The Morgan fingerprint density at radius 1 is 1.43 bits per heavy atom. The largest absolute Gasteiger partial charge is 0.464 e. The SMILES string of the molecule is CCc1nc(CN2CCC[C@H](N[C@H]3CCOC3=O)C2)no1. The topological polar surface area (TPSA) is 80.5 Å². The zero-order chi connectivity index (χ0) is 14.7. The normalized spacial score (nSPS) is 27.0. The van der Waals surface area contributed by atoms with Gasteiger partial charge in [0, 0.05) is 25.4 Å². The van der Waals surface area contributed by atoms with E-state index >= 15 is 0 Å². The van der Waals surface area contributed by atoms with E-state index < -0.39 is 0 Å². The molecule has 1 aromatic rings. The number of carbonyl (C=O) groups excluding carboxylic acids is 1. The summed E-state index contributed by atoms with van der Waals surface area (Å²) in [6.07, 6.45) is 3.74. The first-order chi connectivity index (χ1) is 10.2. The van der Waals surface area contributed by atoms with Crippen LogP contribution in [0.15, 0.2) is 4.52 Å². The van der Waals surface area contributed by atoms with Crippen LogP contribution in [0, 0.1) is 0 Å². The van der Waals surface area contributed by atoms with E-state index in [9.17, 15) is 4.79 Å². The van der Waals surface area contributed by atoms with Gasteiger partial charge in [0.05, 0.1) is 13.2 Å². The fraction of sp³-hybridized carbons (Fsp3) is 0.786. The first kappa shape index (κ1) is 14.5. The van der Waals surface area contributed by atoms with Crippen molar-refractivity contribution >= 4 is 5.97 Å². The van der Waals surface area contributed by atoms with Gasteiger partial charge >= 0.3 is 5.97 Å². The third-order valence-corrected chi connectivity index (χ3v) is 4.06. The quantitative estimate of drug-likeness (QED) is 0.792. The van der Waals surface area contributed by atoms with Crippen molar-refractivity contribution in [3.05, 3.63) is 11.7 Å². The number of nitrogens with zero attached hydrogens (tertiary/aromatic N) is 3. The lowest BCUT2D eigenvalue weighted by atomic mass is 10.0. The number of aryl methyl sites for hydroxylation is 1. The molecular weight excluding hydrogens is 272 g/mol. The van der Waals surface area contributed by atoms with Crippen molar-refractivity contribution in [2.45, 2.75) is 51.2 Å². The van der Waals surface area contributed by atoms with Crippen molar-refractivity contribution in [1.29, 1.82) is 0 Å². The molecule has 0 aromatic carbocycles. The van der Waals surface area contributed by atoms with Gasteiger partial charge in [-0.2, -0.15) is 4.98 Å². The predicted octanol–water partition coefficient (Wildman–Crippen LogP) is 0.502. The van der Waals surface area contributed by atoms with Crippen LogP contribution in [0.2, 0.25) is 0 Å². The van der Waals surface area contributed by atoms with Crippen molar-refractivity contribution < 1.29 is 14.1 Å². The lowest BCUT2D eigenvalue weighted by Crippen LogP contribution is -2.50. The molecule has 2 atom stereocenters. The summed E-state index contributed by atoms with van der Waals surface area (Å²) in [6.45, 7) is 5.17. The van der Waals surface area contributed by atoms with Crippen LogP contribution < -0.4 is 5.32 Å². The van der Waals surface area contributed by atoms with Crippen LogP contribution >= 0.6 is 0 Å². The Hall–Kier alpha value is -1.47. The van der Waals surface area contributed by atoms with Gasteiger partial charge in [-0.3, -0.25) is 9.69 Å². The predicted molar refractivity (Wildman–Crippen MR) is 74.5 cm³/mol. The highest BCUT2D eigenvalue weighted by Crippen LogP contribution is 2.15. The van der Waals surface area contributed by atoms with Crippen LogP contribution in [0.1, 0.15) is 37.9 Å². The van der Waals surface area contributed by atoms with Gasteiger partial charge in [-0.05, 0) is 19.4 Å². The fourth-order valence-corrected chi connectivity index (χ4v) is 2.96. The lowest BCUT2D eigenvalue weighted by Gasteiger charge is -2.33. The number of cyclic esters (lactones) is 1. The maximum atomic E-state index is 11.5. The van der Waals surface area contributed by atoms with E-state index in [1.54, 1.807) is 0 Å². The van der Waals surface area contributed by atoms with Crippen LogP contribution in [0.5, 0.6) is 0 Å². The van der Waals surface area contributed by atoms with Crippen LogP contribution in [0.3, 0.4) is 0 Å². The first-order valence-electron chi connectivity index (χ1n) is 7.71. The lowest BCUT2D eigenvalue weighted by molar-refractivity contribution is -0.139. The maximum Gasteiger partial charge on any atom is 0.323 e. The first-order valence-corrected chi connectivity index (χ1v) is 7.71. The summed E-state index contributed by atoms with van der Waals surface area (Å²) in [6, 6.07) is 0.193. The van der Waals surface area contributed by atoms with Gasteiger partial charge in [-0.1, -0.05) is 12.1 Å². The van der Waals surface area contributed by atoms with E-state index in [4.69, 9.17) is 9.26 Å². The minimum Gasteiger partial charge on any atom is -0.464 e. The smallest absolute Gasteiger partial charge is 0.323 e. The Morgan fingerprint density at radius 2 is 2.33 bits per heavy atom. The molecule has 2 saturated heterocycles. The van der Waals surface area contributed by atoms with Crippen LogP contribution in [-0.4, -0.2) is 52.8 Å². The van der Waals surface area contributed by atoms with E-state index in [1.165, 1.54) is 0 Å². The molecule has 0 bridgehead atoms. The third kappa shape index (κ3) is 3.59. The van der Waals surface area contributed by atoms with Gasteiger partial charge in [0.25, 0.3) is 0 Å². The molecule has 21 heavy (non-hydrogen) atoms. The van der Waals surface area contributed by atoms with Gasteiger partial charge in [0.2, 0.25) is 5.89 Å².